The van der Waals surface area contributed by atoms with Gasteiger partial charge in [0.25, 0.3) is 0 Å². The first-order chi connectivity index (χ1) is 28.8. The average Bonchev–Trinajstić information content (AvgIpc) is 3.64. The van der Waals surface area contributed by atoms with Crippen molar-refractivity contribution in [1.29, 1.82) is 0 Å². The van der Waals surface area contributed by atoms with Crippen molar-refractivity contribution in [3.05, 3.63) is 231 Å². The van der Waals surface area contributed by atoms with Gasteiger partial charge < -0.3 is 9.47 Å². The first-order valence-corrected chi connectivity index (χ1v) is 19.9. The first-order valence-electron chi connectivity index (χ1n) is 19.9. The van der Waals surface area contributed by atoms with Crippen LogP contribution in [-0.4, -0.2) is 4.57 Å². The fraction of sp³-hybridized carbons (Fsp3) is 0. The fourth-order valence-electron chi connectivity index (χ4n) is 8.82. The van der Waals surface area contributed by atoms with Crippen LogP contribution in [0.4, 0.5) is 17.1 Å². The summed E-state index contributed by atoms with van der Waals surface area (Å²) in [7, 11) is 0. The van der Waals surface area contributed by atoms with Crippen molar-refractivity contribution in [2.45, 2.75) is 0 Å². The Hall–Kier alpha value is -7.68. The second kappa shape index (κ2) is 14.1. The lowest BCUT2D eigenvalue weighted by atomic mass is 9.91. The molecule has 0 N–H and O–H groups in total. The number of anilines is 3. The molecule has 0 unspecified atom stereocenters. The molecule has 0 radical (unpaired) electrons. The minimum atomic E-state index is 1.10. The molecular formula is C56H38N2. The van der Waals surface area contributed by atoms with Gasteiger partial charge in [-0.25, -0.2) is 0 Å². The number of aromatic nitrogens is 1. The predicted molar refractivity (Wildman–Crippen MR) is 247 cm³/mol. The summed E-state index contributed by atoms with van der Waals surface area (Å²) in [5, 5.41) is 7.53. The van der Waals surface area contributed by atoms with Crippen molar-refractivity contribution in [1.82, 2.24) is 4.57 Å². The third kappa shape index (κ3) is 5.82. The summed E-state index contributed by atoms with van der Waals surface area (Å²) in [4.78, 5) is 2.33. The highest BCUT2D eigenvalue weighted by Crippen LogP contribution is 2.41. The van der Waals surface area contributed by atoms with Gasteiger partial charge in [0.2, 0.25) is 0 Å². The smallest absolute Gasteiger partial charge is 0.0541 e. The van der Waals surface area contributed by atoms with E-state index >= 15 is 0 Å². The van der Waals surface area contributed by atoms with Gasteiger partial charge >= 0.3 is 0 Å². The molecule has 1 aromatic heterocycles. The molecule has 0 aliphatic heterocycles. The van der Waals surface area contributed by atoms with Crippen LogP contribution in [0.3, 0.4) is 0 Å². The highest BCUT2D eigenvalue weighted by atomic mass is 15.1. The van der Waals surface area contributed by atoms with Crippen molar-refractivity contribution >= 4 is 60.4 Å². The number of fused-ring (bicyclic) bond motifs is 6. The second-order valence-electron chi connectivity index (χ2n) is 15.0. The SMILES string of the molecule is c1ccc(-c2ccc(N(c3ccccc3)c3ccc(-c4cc(-c5cc6ccccc6c6ccccc56)cc(-n5c6ccccc6c6ccccc65)c4)cc3)cc2)cc1. The van der Waals surface area contributed by atoms with Crippen LogP contribution in [0.5, 0.6) is 0 Å². The van der Waals surface area contributed by atoms with Crippen LogP contribution in [0.15, 0.2) is 231 Å². The van der Waals surface area contributed by atoms with Crippen molar-refractivity contribution in [3.63, 3.8) is 0 Å². The standard InChI is InChI=1S/C56H38N2/c1-3-15-39(16-4-1)40-27-31-46(32-28-40)57(45-18-5-2-6-19-45)47-33-29-41(30-34-47)43-35-44(54-38-42-17-7-8-20-49(42)50-21-9-10-22-51(50)54)37-48(36-43)58-55-25-13-11-23-52(55)53-24-12-14-26-56(53)58/h1-38H. The van der Waals surface area contributed by atoms with Gasteiger partial charge in [-0.1, -0.05) is 158 Å². The van der Waals surface area contributed by atoms with Gasteiger partial charge in [-0.05, 0) is 128 Å². The summed E-state index contributed by atoms with van der Waals surface area (Å²) in [6.45, 7) is 0. The minimum Gasteiger partial charge on any atom is -0.311 e. The molecule has 0 aliphatic rings. The van der Waals surface area contributed by atoms with Gasteiger partial charge in [-0.15, -0.1) is 0 Å². The lowest BCUT2D eigenvalue weighted by Gasteiger charge is -2.26. The molecular weight excluding hydrogens is 701 g/mol. The third-order valence-corrected chi connectivity index (χ3v) is 11.5. The largest absolute Gasteiger partial charge is 0.311 e. The zero-order chi connectivity index (χ0) is 38.4. The van der Waals surface area contributed by atoms with Gasteiger partial charge in [-0.3, -0.25) is 0 Å². The molecule has 2 heteroatoms. The van der Waals surface area contributed by atoms with Crippen LogP contribution in [-0.2, 0) is 0 Å². The van der Waals surface area contributed by atoms with E-state index in [4.69, 9.17) is 0 Å². The maximum atomic E-state index is 2.44. The zero-order valence-electron chi connectivity index (χ0n) is 31.8. The summed E-state index contributed by atoms with van der Waals surface area (Å²) in [6, 6.07) is 83.7. The highest BCUT2D eigenvalue weighted by molar-refractivity contribution is 6.14. The van der Waals surface area contributed by atoms with Crippen LogP contribution >= 0.6 is 0 Å². The molecule has 0 fully saturated rings. The summed E-state index contributed by atoms with van der Waals surface area (Å²) in [5.74, 6) is 0. The molecule has 0 atom stereocenters. The number of para-hydroxylation sites is 3. The summed E-state index contributed by atoms with van der Waals surface area (Å²) < 4.78 is 2.44. The average molecular weight is 739 g/mol. The van der Waals surface area contributed by atoms with Gasteiger partial charge in [-0.2, -0.15) is 0 Å². The van der Waals surface area contributed by atoms with Gasteiger partial charge in [0.1, 0.15) is 0 Å². The van der Waals surface area contributed by atoms with E-state index in [1.165, 1.54) is 65.6 Å². The van der Waals surface area contributed by atoms with Gasteiger partial charge in [0.15, 0.2) is 0 Å². The van der Waals surface area contributed by atoms with Gasteiger partial charge in [0, 0.05) is 33.5 Å². The Balaban J connectivity index is 1.09. The molecule has 11 rings (SSSR count). The number of nitrogens with zero attached hydrogens (tertiary/aromatic N) is 2. The molecule has 0 bridgehead atoms. The molecule has 0 aliphatic carbocycles. The molecule has 11 aromatic rings. The van der Waals surface area contributed by atoms with Gasteiger partial charge in [0.05, 0.1) is 11.0 Å². The lowest BCUT2D eigenvalue weighted by Crippen LogP contribution is -2.09. The number of hydrogen-bond donors (Lipinski definition) is 0. The molecule has 0 amide bonds. The Kier molecular flexibility index (Phi) is 8.19. The lowest BCUT2D eigenvalue weighted by molar-refractivity contribution is 1.18. The van der Waals surface area contributed by atoms with E-state index < -0.39 is 0 Å². The summed E-state index contributed by atoms with van der Waals surface area (Å²) >= 11 is 0. The molecule has 2 nitrogen and oxygen atoms in total. The van der Waals surface area contributed by atoms with Crippen LogP contribution in [0.25, 0.3) is 82.4 Å². The Bertz CT molecular complexity index is 3200. The normalized spacial score (nSPS) is 11.4. The van der Waals surface area contributed by atoms with E-state index in [1.54, 1.807) is 0 Å². The van der Waals surface area contributed by atoms with E-state index in [0.29, 0.717) is 0 Å². The van der Waals surface area contributed by atoms with E-state index in [-0.39, 0.29) is 0 Å². The maximum absolute atomic E-state index is 2.44. The van der Waals surface area contributed by atoms with E-state index in [2.05, 4.69) is 240 Å². The Morgan fingerprint density at radius 3 is 1.36 bits per heavy atom. The molecule has 0 saturated carbocycles. The molecule has 58 heavy (non-hydrogen) atoms. The topological polar surface area (TPSA) is 8.17 Å². The third-order valence-electron chi connectivity index (χ3n) is 11.5. The van der Waals surface area contributed by atoms with Crippen molar-refractivity contribution in [2.24, 2.45) is 0 Å². The fourth-order valence-corrected chi connectivity index (χ4v) is 8.82. The summed E-state index contributed by atoms with van der Waals surface area (Å²) in [5.41, 5.74) is 14.0. The quantitative estimate of drug-likeness (QED) is 0.148. The van der Waals surface area contributed by atoms with Crippen LogP contribution in [0, 0.1) is 0 Å². The Morgan fingerprint density at radius 1 is 0.276 bits per heavy atom. The van der Waals surface area contributed by atoms with Crippen molar-refractivity contribution in [3.8, 4) is 39.1 Å². The molecule has 0 saturated heterocycles. The summed E-state index contributed by atoms with van der Waals surface area (Å²) in [6.07, 6.45) is 0. The Labute approximate surface area is 338 Å². The van der Waals surface area contributed by atoms with E-state index in [1.807, 2.05) is 0 Å². The first kappa shape index (κ1) is 33.6. The number of rotatable bonds is 7. The second-order valence-corrected chi connectivity index (χ2v) is 15.0. The van der Waals surface area contributed by atoms with Crippen LogP contribution in [0.2, 0.25) is 0 Å². The maximum Gasteiger partial charge on any atom is 0.0541 e. The van der Waals surface area contributed by atoms with E-state index in [0.717, 1.165) is 33.9 Å². The number of hydrogen-bond acceptors (Lipinski definition) is 1. The molecule has 10 aromatic carbocycles. The minimum absolute atomic E-state index is 1.10. The predicted octanol–water partition coefficient (Wildman–Crippen LogP) is 15.6. The van der Waals surface area contributed by atoms with Crippen molar-refractivity contribution < 1.29 is 0 Å². The highest BCUT2D eigenvalue weighted by Gasteiger charge is 2.17. The monoisotopic (exact) mass is 738 g/mol. The van der Waals surface area contributed by atoms with Crippen molar-refractivity contribution in [2.75, 3.05) is 4.90 Å². The number of benzene rings is 10. The zero-order valence-corrected chi connectivity index (χ0v) is 31.8. The molecule has 272 valence electrons. The van der Waals surface area contributed by atoms with Crippen LogP contribution < -0.4 is 4.90 Å². The molecule has 1 heterocycles. The molecule has 0 spiro atoms. The van der Waals surface area contributed by atoms with E-state index in [9.17, 15) is 0 Å². The van der Waals surface area contributed by atoms with Crippen LogP contribution in [0.1, 0.15) is 0 Å². The Morgan fingerprint density at radius 2 is 0.724 bits per heavy atom.